The molecule has 1 aromatic heterocycles. The second kappa shape index (κ2) is 13.0. The smallest absolute Gasteiger partial charge is 0.325 e. The lowest BCUT2D eigenvalue weighted by Crippen LogP contribution is -2.38. The largest absolute Gasteiger partial charge is 0.493 e. The van der Waals surface area contributed by atoms with Gasteiger partial charge in [0.25, 0.3) is 0 Å². The number of hydrogen-bond acceptors (Lipinski definition) is 6. The lowest BCUT2D eigenvalue weighted by atomic mass is 9.94. The topological polar surface area (TPSA) is 77.9 Å². The van der Waals surface area contributed by atoms with Crippen molar-refractivity contribution in [2.45, 2.75) is 76.8 Å². The van der Waals surface area contributed by atoms with E-state index in [0.717, 1.165) is 75.6 Å². The third kappa shape index (κ3) is 6.69. The highest BCUT2D eigenvalue weighted by molar-refractivity contribution is 5.77. The zero-order valence-electron chi connectivity index (χ0n) is 23.6. The molecule has 0 saturated carbocycles. The fraction of sp³-hybridized carbons (Fsp3) is 0.600. The Hall–Kier alpha value is -2.78. The average Bonchev–Trinajstić information content (AvgIpc) is 3.39. The van der Waals surface area contributed by atoms with Crippen LogP contribution < -0.4 is 10.1 Å². The van der Waals surface area contributed by atoms with Crippen LogP contribution in [-0.4, -0.2) is 72.2 Å². The van der Waals surface area contributed by atoms with Gasteiger partial charge in [-0.1, -0.05) is 26.3 Å². The van der Waals surface area contributed by atoms with E-state index in [9.17, 15) is 14.3 Å². The Balaban J connectivity index is 1.32. The Labute approximate surface area is 230 Å². The number of rotatable bonds is 12. The summed E-state index contributed by atoms with van der Waals surface area (Å²) in [5.74, 6) is -2.22. The molecule has 1 saturated heterocycles. The number of pyridine rings is 1. The number of carboxylic acid groups (broad SMARTS) is 1. The lowest BCUT2D eigenvalue weighted by molar-refractivity contribution is -0.143. The number of likely N-dealkylation sites (tertiary alicyclic amines) is 1. The van der Waals surface area contributed by atoms with Crippen molar-refractivity contribution in [2.75, 3.05) is 45.7 Å². The van der Waals surface area contributed by atoms with Crippen molar-refractivity contribution >= 4 is 11.8 Å². The van der Waals surface area contributed by atoms with Crippen LogP contribution in [0.3, 0.4) is 0 Å². The molecule has 2 N–H and O–H groups in total. The Morgan fingerprint density at radius 1 is 1.28 bits per heavy atom. The third-order valence-corrected chi connectivity index (χ3v) is 8.15. The first-order valence-electron chi connectivity index (χ1n) is 14.2. The number of fused-ring (bicyclic) bond motifs is 1. The van der Waals surface area contributed by atoms with Gasteiger partial charge in [-0.2, -0.15) is 0 Å². The molecule has 2 aliphatic rings. The molecule has 0 unspecified atom stereocenters. The number of nitrogens with zero attached hydrogens (tertiary/aromatic N) is 3. The highest BCUT2D eigenvalue weighted by Gasteiger charge is 2.39. The molecule has 7 nitrogen and oxygen atoms in total. The number of anilines is 1. The number of unbranched alkanes of at least 4 members (excludes halogenated alkanes) is 2. The number of benzene rings is 1. The number of methoxy groups -OCH3 is 1. The van der Waals surface area contributed by atoms with Crippen molar-refractivity contribution in [2.24, 2.45) is 0 Å². The van der Waals surface area contributed by atoms with Gasteiger partial charge in [0.1, 0.15) is 17.7 Å². The van der Waals surface area contributed by atoms with Crippen LogP contribution in [0.2, 0.25) is 0 Å². The summed E-state index contributed by atoms with van der Waals surface area (Å²) in [5.41, 5.74) is 2.37. The van der Waals surface area contributed by atoms with Gasteiger partial charge in [0.15, 0.2) is 11.6 Å². The number of carboxylic acids is 1. The fourth-order valence-electron chi connectivity index (χ4n) is 5.88. The van der Waals surface area contributed by atoms with Crippen LogP contribution in [0.1, 0.15) is 80.3 Å². The van der Waals surface area contributed by atoms with Crippen LogP contribution in [0.5, 0.6) is 5.75 Å². The first kappa shape index (κ1) is 29.2. The normalized spacial score (nSPS) is 18.3. The molecule has 3 heterocycles. The summed E-state index contributed by atoms with van der Waals surface area (Å²) in [4.78, 5) is 21.2. The quantitative estimate of drug-likeness (QED) is 0.347. The number of nitrogens with one attached hydrogen (secondary N) is 1. The Bertz CT molecular complexity index is 1160. The van der Waals surface area contributed by atoms with E-state index in [-0.39, 0.29) is 28.8 Å². The highest BCUT2D eigenvalue weighted by atomic mass is 19.1. The van der Waals surface area contributed by atoms with Crippen molar-refractivity contribution in [3.63, 3.8) is 0 Å². The minimum Gasteiger partial charge on any atom is -0.493 e. The number of likely N-dealkylation sites (N-methyl/N-ethyl adjacent to an activating group) is 1. The Morgan fingerprint density at radius 3 is 2.79 bits per heavy atom. The molecule has 2 aromatic rings. The van der Waals surface area contributed by atoms with Crippen molar-refractivity contribution in [3.8, 4) is 5.75 Å². The van der Waals surface area contributed by atoms with Gasteiger partial charge in [0.05, 0.1) is 12.7 Å². The van der Waals surface area contributed by atoms with Crippen molar-refractivity contribution in [1.29, 1.82) is 0 Å². The zero-order chi connectivity index (χ0) is 28.1. The van der Waals surface area contributed by atoms with Crippen LogP contribution in [0.25, 0.3) is 0 Å². The fourth-order valence-corrected chi connectivity index (χ4v) is 5.88. The van der Waals surface area contributed by atoms with Gasteiger partial charge in [-0.25, -0.2) is 13.8 Å². The Morgan fingerprint density at radius 2 is 2.08 bits per heavy atom. The lowest BCUT2D eigenvalue weighted by Gasteiger charge is -2.29. The molecule has 0 aliphatic carbocycles. The molecule has 2 atom stereocenters. The molecule has 0 spiro atoms. The van der Waals surface area contributed by atoms with Gasteiger partial charge in [-0.3, -0.25) is 9.69 Å². The van der Waals surface area contributed by atoms with Crippen molar-refractivity contribution in [3.05, 3.63) is 52.2 Å². The van der Waals surface area contributed by atoms with E-state index in [1.165, 1.54) is 12.7 Å². The monoisotopic (exact) mass is 544 g/mol. The molecule has 0 radical (unpaired) electrons. The zero-order valence-corrected chi connectivity index (χ0v) is 23.6. The summed E-state index contributed by atoms with van der Waals surface area (Å²) >= 11 is 0. The first-order chi connectivity index (χ1) is 18.7. The minimum atomic E-state index is -1.31. The van der Waals surface area contributed by atoms with E-state index in [2.05, 4.69) is 29.4 Å². The summed E-state index contributed by atoms with van der Waals surface area (Å²) in [6.45, 7) is 6.35. The maximum absolute atomic E-state index is 15.6. The summed E-state index contributed by atoms with van der Waals surface area (Å²) in [6.07, 6.45) is 7.15. The maximum Gasteiger partial charge on any atom is 0.325 e. The van der Waals surface area contributed by atoms with Crippen LogP contribution in [0, 0.1) is 11.6 Å². The van der Waals surface area contributed by atoms with Crippen molar-refractivity contribution < 1.29 is 23.4 Å². The number of aryl methyl sites for hydroxylation is 2. The highest BCUT2D eigenvalue weighted by Crippen LogP contribution is 2.39. The molecule has 1 aromatic carbocycles. The first-order valence-corrected chi connectivity index (χ1v) is 14.2. The predicted octanol–water partition coefficient (Wildman–Crippen LogP) is 5.39. The molecule has 4 rings (SSSR count). The summed E-state index contributed by atoms with van der Waals surface area (Å²) in [6, 6.07) is 4.28. The van der Waals surface area contributed by atoms with Gasteiger partial charge < -0.3 is 20.1 Å². The van der Waals surface area contributed by atoms with Gasteiger partial charge in [-0.15, -0.1) is 0 Å². The maximum atomic E-state index is 15.6. The minimum absolute atomic E-state index is 0.146. The van der Waals surface area contributed by atoms with E-state index in [1.807, 2.05) is 0 Å². The van der Waals surface area contributed by atoms with Crippen LogP contribution in [-0.2, 0) is 17.6 Å². The second-order valence-corrected chi connectivity index (χ2v) is 11.2. The third-order valence-electron chi connectivity index (χ3n) is 8.15. The second-order valence-electron chi connectivity index (χ2n) is 11.2. The molecule has 0 amide bonds. The van der Waals surface area contributed by atoms with E-state index in [1.54, 1.807) is 18.7 Å². The number of carbonyl (C=O) groups is 1. The SMILES string of the molecule is COc1c(F)cc(C(C)C)c(F)c1[C@@H](C(=O)O)N1CC[C@@H](N(C)CCCCCc2ccc3c(n2)NCCC3)C1. The molecular formula is C30H42F2N4O3. The number of halogens is 2. The van der Waals surface area contributed by atoms with Gasteiger partial charge in [0, 0.05) is 31.4 Å². The van der Waals surface area contributed by atoms with Crippen LogP contribution in [0.15, 0.2) is 18.2 Å². The standard InChI is InChI=1S/C30H42F2N4O3/c1-19(2)23-17-24(31)28(39-4)25(26(23)32)27(30(37)38)36-16-13-22(18-36)35(3)15-7-5-6-10-21-12-11-20-9-8-14-33-29(20)34-21/h11-12,17,19,22,27H,5-10,13-16,18H2,1-4H3,(H,33,34)(H,37,38)/t22-,27+/m1/s1. The van der Waals surface area contributed by atoms with E-state index < -0.39 is 23.6 Å². The number of aromatic nitrogens is 1. The van der Waals surface area contributed by atoms with Crippen LogP contribution in [0.4, 0.5) is 14.6 Å². The van der Waals surface area contributed by atoms with E-state index in [4.69, 9.17) is 9.72 Å². The van der Waals surface area contributed by atoms with Gasteiger partial charge in [0.2, 0.25) is 0 Å². The molecule has 1 fully saturated rings. The van der Waals surface area contributed by atoms with Crippen LogP contribution >= 0.6 is 0 Å². The number of ether oxygens (including phenoxy) is 1. The predicted molar refractivity (Wildman–Crippen MR) is 149 cm³/mol. The Kier molecular flexibility index (Phi) is 9.77. The molecule has 0 bridgehead atoms. The molecule has 214 valence electrons. The van der Waals surface area contributed by atoms with E-state index in [0.29, 0.717) is 13.1 Å². The summed E-state index contributed by atoms with van der Waals surface area (Å²) < 4.78 is 35.6. The van der Waals surface area contributed by atoms with Gasteiger partial charge >= 0.3 is 5.97 Å². The van der Waals surface area contributed by atoms with E-state index >= 15 is 4.39 Å². The number of hydrogen-bond donors (Lipinski definition) is 2. The van der Waals surface area contributed by atoms with Crippen molar-refractivity contribution in [1.82, 2.24) is 14.8 Å². The van der Waals surface area contributed by atoms with Gasteiger partial charge in [-0.05, 0) is 81.3 Å². The molecule has 39 heavy (non-hydrogen) atoms. The summed E-state index contributed by atoms with van der Waals surface area (Å²) in [7, 11) is 3.30. The summed E-state index contributed by atoms with van der Waals surface area (Å²) in [5, 5.41) is 13.5. The molecule has 9 heteroatoms. The molecular weight excluding hydrogens is 502 g/mol. The number of aliphatic carboxylic acids is 1. The average molecular weight is 545 g/mol. The molecule has 2 aliphatic heterocycles.